The van der Waals surface area contributed by atoms with Gasteiger partial charge in [-0.2, -0.15) is 5.10 Å². The molecule has 6 nitrogen and oxygen atoms in total. The van der Waals surface area contributed by atoms with Gasteiger partial charge in [0.25, 0.3) is 5.91 Å². The number of carbonyl (C=O) groups is 1. The first kappa shape index (κ1) is 11.5. The molecule has 0 spiro atoms. The highest BCUT2D eigenvalue weighted by molar-refractivity contribution is 5.99. The highest BCUT2D eigenvalue weighted by Gasteiger charge is 2.24. The van der Waals surface area contributed by atoms with E-state index in [-0.39, 0.29) is 5.54 Å². The fourth-order valence-corrected chi connectivity index (χ4v) is 1.41. The van der Waals surface area contributed by atoms with Crippen molar-refractivity contribution in [3.8, 4) is 0 Å². The molecule has 0 saturated heterocycles. The summed E-state index contributed by atoms with van der Waals surface area (Å²) < 4.78 is 1.62. The lowest BCUT2D eigenvalue weighted by Crippen LogP contribution is -2.31. The minimum absolute atomic E-state index is 0.262. The minimum Gasteiger partial charge on any atom is -0.383 e. The number of rotatable bonds is 1. The summed E-state index contributed by atoms with van der Waals surface area (Å²) in [6.07, 6.45) is 0. The number of carbonyl (C=O) groups excluding carboxylic acids is 1. The van der Waals surface area contributed by atoms with Crippen LogP contribution < -0.4 is 17.0 Å². The maximum Gasteiger partial charge on any atom is 0.270 e. The van der Waals surface area contributed by atoms with Crippen molar-refractivity contribution in [2.45, 2.75) is 33.2 Å². The van der Waals surface area contributed by atoms with Gasteiger partial charge in [-0.05, 0) is 27.7 Å². The van der Waals surface area contributed by atoms with E-state index in [1.165, 1.54) is 0 Å². The Labute approximate surface area is 88.6 Å². The Morgan fingerprint density at radius 3 is 2.33 bits per heavy atom. The standard InChI is InChI=1S/C9H17N5O/c1-5-6(8(15)12-11)7(10)14(13-5)9(2,3)4/h10-11H2,1-4H3,(H,12,15). The summed E-state index contributed by atoms with van der Waals surface area (Å²) in [7, 11) is 0. The molecule has 5 N–H and O–H groups in total. The second-order valence-electron chi connectivity index (χ2n) is 4.40. The predicted octanol–water partition coefficient (Wildman–Crippen LogP) is 0.132. The van der Waals surface area contributed by atoms with E-state index in [4.69, 9.17) is 11.6 Å². The van der Waals surface area contributed by atoms with Crippen LogP contribution in [0.4, 0.5) is 5.82 Å². The SMILES string of the molecule is Cc1nn(C(C)(C)C)c(N)c1C(=O)NN. The van der Waals surface area contributed by atoms with Crippen LogP contribution in [0.1, 0.15) is 36.8 Å². The highest BCUT2D eigenvalue weighted by atomic mass is 16.2. The molecule has 1 amide bonds. The van der Waals surface area contributed by atoms with Gasteiger partial charge in [0.1, 0.15) is 11.4 Å². The number of nitrogens with two attached hydrogens (primary N) is 2. The van der Waals surface area contributed by atoms with Gasteiger partial charge in [0, 0.05) is 0 Å². The second kappa shape index (κ2) is 3.54. The molecular weight excluding hydrogens is 194 g/mol. The molecule has 15 heavy (non-hydrogen) atoms. The summed E-state index contributed by atoms with van der Waals surface area (Å²) in [5, 5.41) is 4.23. The zero-order valence-electron chi connectivity index (χ0n) is 9.46. The molecule has 0 aliphatic rings. The quantitative estimate of drug-likeness (QED) is 0.349. The Balaban J connectivity index is 3.33. The molecule has 0 atom stereocenters. The number of amides is 1. The fraction of sp³-hybridized carbons (Fsp3) is 0.556. The van der Waals surface area contributed by atoms with E-state index in [1.54, 1.807) is 11.6 Å². The van der Waals surface area contributed by atoms with Crippen LogP contribution in [-0.2, 0) is 5.54 Å². The number of hydrazine groups is 1. The molecule has 1 rings (SSSR count). The van der Waals surface area contributed by atoms with Gasteiger partial charge >= 0.3 is 0 Å². The van der Waals surface area contributed by atoms with Crippen molar-refractivity contribution < 1.29 is 4.79 Å². The van der Waals surface area contributed by atoms with Crippen LogP contribution in [0.3, 0.4) is 0 Å². The second-order valence-corrected chi connectivity index (χ2v) is 4.40. The normalized spacial score (nSPS) is 11.5. The number of nitrogen functional groups attached to an aromatic ring is 2. The van der Waals surface area contributed by atoms with Crippen molar-refractivity contribution in [3.05, 3.63) is 11.3 Å². The Hall–Kier alpha value is -1.56. The van der Waals surface area contributed by atoms with Crippen LogP contribution in [0.5, 0.6) is 0 Å². The molecule has 0 aliphatic carbocycles. The summed E-state index contributed by atoms with van der Waals surface area (Å²) in [5.74, 6) is 4.99. The van der Waals surface area contributed by atoms with E-state index >= 15 is 0 Å². The van der Waals surface area contributed by atoms with Gasteiger partial charge < -0.3 is 5.73 Å². The van der Waals surface area contributed by atoms with Crippen LogP contribution in [0, 0.1) is 6.92 Å². The van der Waals surface area contributed by atoms with E-state index in [1.807, 2.05) is 20.8 Å². The summed E-state index contributed by atoms with van der Waals surface area (Å²) in [6, 6.07) is 0. The molecule has 0 aromatic carbocycles. The zero-order valence-corrected chi connectivity index (χ0v) is 9.46. The van der Waals surface area contributed by atoms with E-state index in [2.05, 4.69) is 10.5 Å². The van der Waals surface area contributed by atoms with Gasteiger partial charge in [0.15, 0.2) is 0 Å². The maximum absolute atomic E-state index is 11.4. The van der Waals surface area contributed by atoms with Crippen molar-refractivity contribution in [1.82, 2.24) is 15.2 Å². The first-order valence-corrected chi connectivity index (χ1v) is 4.65. The van der Waals surface area contributed by atoms with Gasteiger partial charge in [-0.3, -0.25) is 10.2 Å². The van der Waals surface area contributed by atoms with Crippen LogP contribution in [0.2, 0.25) is 0 Å². The Bertz CT molecular complexity index is 388. The topological polar surface area (TPSA) is 99.0 Å². The zero-order chi connectivity index (χ0) is 11.8. The number of hydrogen-bond acceptors (Lipinski definition) is 4. The van der Waals surface area contributed by atoms with Gasteiger partial charge in [-0.15, -0.1) is 0 Å². The predicted molar refractivity (Wildman–Crippen MR) is 58.0 cm³/mol. The molecule has 0 aliphatic heterocycles. The Morgan fingerprint density at radius 2 is 2.00 bits per heavy atom. The number of anilines is 1. The fourth-order valence-electron chi connectivity index (χ4n) is 1.41. The number of nitrogens with zero attached hydrogens (tertiary/aromatic N) is 2. The van der Waals surface area contributed by atoms with Crippen molar-refractivity contribution in [1.29, 1.82) is 0 Å². The van der Waals surface area contributed by atoms with E-state index in [0.29, 0.717) is 17.1 Å². The Kier molecular flexibility index (Phi) is 2.72. The monoisotopic (exact) mass is 211 g/mol. The highest BCUT2D eigenvalue weighted by Crippen LogP contribution is 2.23. The summed E-state index contributed by atoms with van der Waals surface area (Å²) in [5.41, 5.74) is 8.56. The van der Waals surface area contributed by atoms with Crippen LogP contribution in [-0.4, -0.2) is 15.7 Å². The summed E-state index contributed by atoms with van der Waals surface area (Å²) in [6.45, 7) is 7.60. The van der Waals surface area contributed by atoms with E-state index < -0.39 is 5.91 Å². The molecular formula is C9H17N5O. The molecule has 0 unspecified atom stereocenters. The number of hydrogen-bond donors (Lipinski definition) is 3. The van der Waals surface area contributed by atoms with E-state index in [9.17, 15) is 4.79 Å². The lowest BCUT2D eigenvalue weighted by Gasteiger charge is -2.20. The van der Waals surface area contributed by atoms with Crippen molar-refractivity contribution in [3.63, 3.8) is 0 Å². The maximum atomic E-state index is 11.4. The number of aryl methyl sites for hydroxylation is 1. The first-order chi connectivity index (χ1) is 6.79. The van der Waals surface area contributed by atoms with Crippen molar-refractivity contribution in [2.75, 3.05) is 5.73 Å². The molecule has 6 heteroatoms. The van der Waals surface area contributed by atoms with Gasteiger partial charge in [0.2, 0.25) is 0 Å². The first-order valence-electron chi connectivity index (χ1n) is 4.65. The molecule has 0 radical (unpaired) electrons. The third-order valence-corrected chi connectivity index (χ3v) is 2.09. The average Bonchev–Trinajstić information content (AvgIpc) is 2.40. The van der Waals surface area contributed by atoms with Crippen LogP contribution in [0.25, 0.3) is 0 Å². The number of aromatic nitrogens is 2. The molecule has 1 aromatic rings. The molecule has 1 heterocycles. The molecule has 1 aromatic heterocycles. The van der Waals surface area contributed by atoms with Crippen molar-refractivity contribution in [2.24, 2.45) is 5.84 Å². The smallest absolute Gasteiger partial charge is 0.270 e. The molecule has 0 bridgehead atoms. The van der Waals surface area contributed by atoms with Gasteiger partial charge in [0.05, 0.1) is 11.2 Å². The largest absolute Gasteiger partial charge is 0.383 e. The third kappa shape index (κ3) is 1.94. The summed E-state index contributed by atoms with van der Waals surface area (Å²) in [4.78, 5) is 11.4. The van der Waals surface area contributed by atoms with Crippen LogP contribution >= 0.6 is 0 Å². The third-order valence-electron chi connectivity index (χ3n) is 2.09. The van der Waals surface area contributed by atoms with Crippen molar-refractivity contribution >= 4 is 11.7 Å². The molecule has 0 saturated carbocycles. The molecule has 84 valence electrons. The Morgan fingerprint density at radius 1 is 1.47 bits per heavy atom. The molecule has 0 fully saturated rings. The lowest BCUT2D eigenvalue weighted by atomic mass is 10.1. The lowest BCUT2D eigenvalue weighted by molar-refractivity contribution is 0.0954. The van der Waals surface area contributed by atoms with Gasteiger partial charge in [-0.1, -0.05) is 0 Å². The average molecular weight is 211 g/mol. The van der Waals surface area contributed by atoms with E-state index in [0.717, 1.165) is 0 Å². The van der Waals surface area contributed by atoms with Gasteiger partial charge in [-0.25, -0.2) is 10.5 Å². The van der Waals surface area contributed by atoms with Crippen LogP contribution in [0.15, 0.2) is 0 Å². The minimum atomic E-state index is -0.416. The number of nitrogens with one attached hydrogen (secondary N) is 1. The summed E-state index contributed by atoms with van der Waals surface area (Å²) >= 11 is 0.